The molecule has 0 aliphatic rings. The van der Waals surface area contributed by atoms with Gasteiger partial charge in [0.1, 0.15) is 5.75 Å². The molecule has 1 atom stereocenters. The highest BCUT2D eigenvalue weighted by Crippen LogP contribution is 2.23. The maximum atomic E-state index is 9.61. The van der Waals surface area contributed by atoms with Crippen molar-refractivity contribution in [1.29, 1.82) is 0 Å². The van der Waals surface area contributed by atoms with E-state index in [0.29, 0.717) is 5.75 Å². The van der Waals surface area contributed by atoms with Crippen molar-refractivity contribution in [2.75, 3.05) is 0 Å². The lowest BCUT2D eigenvalue weighted by molar-refractivity contribution is 0.480. The number of hydrogen-bond acceptors (Lipinski definition) is 1. The number of phenols is 1. The van der Waals surface area contributed by atoms with Crippen molar-refractivity contribution in [2.45, 2.75) is 20.8 Å². The number of rotatable bonds is 1. The first kappa shape index (κ1) is 13.7. The van der Waals surface area contributed by atoms with Crippen LogP contribution in [-0.4, -0.2) is 5.11 Å². The van der Waals surface area contributed by atoms with Crippen LogP contribution in [0.15, 0.2) is 42.5 Å². The van der Waals surface area contributed by atoms with Crippen LogP contribution in [0.3, 0.4) is 0 Å². The highest BCUT2D eigenvalue weighted by molar-refractivity contribution is 7.27. The Bertz CT molecular complexity index is 492. The zero-order chi connectivity index (χ0) is 12.8. The molecule has 0 aromatic heterocycles. The highest BCUT2D eigenvalue weighted by Gasteiger charge is 2.01. The van der Waals surface area contributed by atoms with E-state index >= 15 is 0 Å². The van der Waals surface area contributed by atoms with Gasteiger partial charge in [-0.3, -0.25) is 0 Å². The first-order valence-electron chi connectivity index (χ1n) is 5.82. The molecule has 1 nitrogen and oxygen atoms in total. The lowest BCUT2D eigenvalue weighted by atomic mass is 10.0. The fraction of sp³-hybridized carbons (Fsp3) is 0.200. The Hall–Kier alpha value is -1.33. The minimum atomic E-state index is 0.319. The number of hydrogen-bond donors (Lipinski definition) is 1. The van der Waals surface area contributed by atoms with Gasteiger partial charge in [0.05, 0.1) is 0 Å². The summed E-state index contributed by atoms with van der Waals surface area (Å²) in [6.45, 7) is 6.06. The number of phenolic OH excluding ortho intramolecular Hbond substituents is 1. The zero-order valence-corrected chi connectivity index (χ0v) is 11.7. The SMILES string of the molecule is CC.Cc1cccc(-c2ccc(P)c(O)c2)c1. The van der Waals surface area contributed by atoms with E-state index in [1.165, 1.54) is 5.56 Å². The molecule has 90 valence electrons. The van der Waals surface area contributed by atoms with E-state index in [-0.39, 0.29) is 0 Å². The average molecular weight is 246 g/mol. The predicted octanol–water partition coefficient (Wildman–Crippen LogP) is 3.89. The maximum Gasteiger partial charge on any atom is 0.123 e. The Kier molecular flexibility index (Phi) is 5.18. The molecule has 1 N–H and O–H groups in total. The number of aromatic hydroxyl groups is 1. The molecule has 0 aliphatic heterocycles. The molecule has 0 amide bonds. The molecule has 0 spiro atoms. The van der Waals surface area contributed by atoms with Crippen molar-refractivity contribution in [3.8, 4) is 16.9 Å². The van der Waals surface area contributed by atoms with Gasteiger partial charge in [-0.15, -0.1) is 9.24 Å². The van der Waals surface area contributed by atoms with Gasteiger partial charge in [-0.2, -0.15) is 0 Å². The molecule has 0 saturated heterocycles. The van der Waals surface area contributed by atoms with Crippen LogP contribution in [0.4, 0.5) is 0 Å². The Labute approximate surface area is 106 Å². The molecule has 2 rings (SSSR count). The fourth-order valence-electron chi connectivity index (χ4n) is 1.55. The van der Waals surface area contributed by atoms with Crippen LogP contribution in [0.1, 0.15) is 19.4 Å². The Morgan fingerprint density at radius 2 is 1.59 bits per heavy atom. The Morgan fingerprint density at radius 1 is 0.941 bits per heavy atom. The normalized spacial score (nSPS) is 9.41. The largest absolute Gasteiger partial charge is 0.507 e. The van der Waals surface area contributed by atoms with Crippen LogP contribution in [0, 0.1) is 6.92 Å². The van der Waals surface area contributed by atoms with Gasteiger partial charge in [-0.1, -0.05) is 55.8 Å². The van der Waals surface area contributed by atoms with Gasteiger partial charge in [0.25, 0.3) is 0 Å². The van der Waals surface area contributed by atoms with Gasteiger partial charge in [0, 0.05) is 5.30 Å². The van der Waals surface area contributed by atoms with Crippen molar-refractivity contribution in [3.05, 3.63) is 48.0 Å². The summed E-state index contributed by atoms with van der Waals surface area (Å²) < 4.78 is 0. The first-order valence-corrected chi connectivity index (χ1v) is 6.40. The molecule has 0 saturated carbocycles. The summed E-state index contributed by atoms with van der Waals surface area (Å²) >= 11 is 0. The van der Waals surface area contributed by atoms with Crippen molar-refractivity contribution in [3.63, 3.8) is 0 Å². The molecule has 2 aromatic rings. The summed E-state index contributed by atoms with van der Waals surface area (Å²) in [5, 5.41) is 10.4. The first-order chi connectivity index (χ1) is 8.16. The van der Waals surface area contributed by atoms with Crippen molar-refractivity contribution >= 4 is 14.5 Å². The Morgan fingerprint density at radius 3 is 2.18 bits per heavy atom. The summed E-state index contributed by atoms with van der Waals surface area (Å²) in [6.07, 6.45) is 0. The molecule has 1 unspecified atom stereocenters. The van der Waals surface area contributed by atoms with E-state index in [0.717, 1.165) is 16.4 Å². The van der Waals surface area contributed by atoms with Crippen molar-refractivity contribution < 1.29 is 5.11 Å². The summed E-state index contributed by atoms with van der Waals surface area (Å²) in [7, 11) is 2.51. The topological polar surface area (TPSA) is 20.2 Å². The summed E-state index contributed by atoms with van der Waals surface area (Å²) in [4.78, 5) is 0. The molecular formula is C15H19OP. The lowest BCUT2D eigenvalue weighted by Crippen LogP contribution is -1.90. The van der Waals surface area contributed by atoms with Crippen molar-refractivity contribution in [1.82, 2.24) is 0 Å². The number of benzene rings is 2. The van der Waals surface area contributed by atoms with E-state index in [9.17, 15) is 5.11 Å². The van der Waals surface area contributed by atoms with E-state index < -0.39 is 0 Å². The molecule has 0 fully saturated rings. The molecule has 0 bridgehead atoms. The zero-order valence-electron chi connectivity index (χ0n) is 10.6. The van der Waals surface area contributed by atoms with Crippen LogP contribution in [0.25, 0.3) is 11.1 Å². The third-order valence-electron chi connectivity index (χ3n) is 2.38. The van der Waals surface area contributed by atoms with E-state index in [4.69, 9.17) is 0 Å². The smallest absolute Gasteiger partial charge is 0.123 e. The monoisotopic (exact) mass is 246 g/mol. The van der Waals surface area contributed by atoms with Crippen LogP contribution in [-0.2, 0) is 0 Å². The second kappa shape index (κ2) is 6.42. The van der Waals surface area contributed by atoms with Crippen LogP contribution >= 0.6 is 9.24 Å². The summed E-state index contributed by atoms with van der Waals surface area (Å²) in [6, 6.07) is 13.9. The van der Waals surface area contributed by atoms with Crippen LogP contribution < -0.4 is 5.30 Å². The van der Waals surface area contributed by atoms with E-state index in [1.807, 2.05) is 38.1 Å². The second-order valence-corrected chi connectivity index (χ2v) is 4.27. The summed E-state index contributed by atoms with van der Waals surface area (Å²) in [5.74, 6) is 0.319. The molecule has 0 heterocycles. The van der Waals surface area contributed by atoms with Gasteiger partial charge >= 0.3 is 0 Å². The molecule has 0 aliphatic carbocycles. The molecule has 2 heteroatoms. The standard InChI is InChI=1S/C13H13OP.C2H6/c1-9-3-2-4-10(7-9)11-5-6-13(15)12(14)8-11;1-2/h2-8,14H,15H2,1H3;1-2H3. The van der Waals surface area contributed by atoms with Gasteiger partial charge in [0.15, 0.2) is 0 Å². The van der Waals surface area contributed by atoms with E-state index in [2.05, 4.69) is 28.3 Å². The molecule has 17 heavy (non-hydrogen) atoms. The Balaban J connectivity index is 0.000000686. The van der Waals surface area contributed by atoms with Gasteiger partial charge in [-0.25, -0.2) is 0 Å². The van der Waals surface area contributed by atoms with Crippen LogP contribution in [0.2, 0.25) is 0 Å². The molecule has 0 radical (unpaired) electrons. The third kappa shape index (κ3) is 3.57. The lowest BCUT2D eigenvalue weighted by Gasteiger charge is -2.05. The predicted molar refractivity (Wildman–Crippen MR) is 79.0 cm³/mol. The average Bonchev–Trinajstić information content (AvgIpc) is 2.35. The van der Waals surface area contributed by atoms with Gasteiger partial charge in [-0.05, 0) is 24.1 Å². The maximum absolute atomic E-state index is 9.61. The fourth-order valence-corrected chi connectivity index (χ4v) is 1.73. The second-order valence-electron chi connectivity index (χ2n) is 3.64. The third-order valence-corrected chi connectivity index (χ3v) is 2.87. The van der Waals surface area contributed by atoms with Gasteiger partial charge in [0.2, 0.25) is 0 Å². The highest BCUT2D eigenvalue weighted by atomic mass is 31.0. The van der Waals surface area contributed by atoms with E-state index in [1.54, 1.807) is 6.07 Å². The minimum Gasteiger partial charge on any atom is -0.507 e. The summed E-state index contributed by atoms with van der Waals surface area (Å²) in [5.41, 5.74) is 3.40. The van der Waals surface area contributed by atoms with Crippen LogP contribution in [0.5, 0.6) is 5.75 Å². The molecular weight excluding hydrogens is 227 g/mol. The molecule has 2 aromatic carbocycles. The van der Waals surface area contributed by atoms with Gasteiger partial charge < -0.3 is 5.11 Å². The minimum absolute atomic E-state index is 0.319. The quantitative estimate of drug-likeness (QED) is 0.757. The van der Waals surface area contributed by atoms with Crippen molar-refractivity contribution in [2.24, 2.45) is 0 Å². The number of aryl methyl sites for hydroxylation is 1.